The zero-order valence-electron chi connectivity index (χ0n) is 58.9. The fraction of sp³-hybridized carbons (Fsp3) is 0.385. The average Bonchev–Trinajstić information content (AvgIpc) is 1.78. The molecule has 3 saturated heterocycles. The van der Waals surface area contributed by atoms with E-state index in [1.807, 2.05) is 105 Å². The molecule has 13 rings (SSSR count). The zero-order chi connectivity index (χ0) is 70.4. The number of nitrogen functional groups attached to an aromatic ring is 3. The van der Waals surface area contributed by atoms with Crippen molar-refractivity contribution in [3.05, 3.63) is 169 Å². The summed E-state index contributed by atoms with van der Waals surface area (Å²) in [5.41, 5.74) is 30.1. The summed E-state index contributed by atoms with van der Waals surface area (Å²) in [6.45, 7) is 25.2. The minimum absolute atomic E-state index is 0. The van der Waals surface area contributed by atoms with Crippen molar-refractivity contribution in [2.24, 2.45) is 9.98 Å². The van der Waals surface area contributed by atoms with Crippen LogP contribution in [-0.2, 0) is 38.9 Å². The number of anilines is 4. The molecule has 0 atom stereocenters. The van der Waals surface area contributed by atoms with Gasteiger partial charge < -0.3 is 51.3 Å². The minimum atomic E-state index is -1.11. The predicted octanol–water partition coefficient (Wildman–Crippen LogP) is 15.6. The SMILES string of the molecule is C.C1=NCC(c2ccc(Oc3ccc4c(c3)CC(CN3CCCC3)=N4)cc2)=C1.C[Si](C)(C)CCOCn1nccc1-c1ccc(Oc2ccc(N)c(N)c2)cc1.C[Si](C)(C)CCOCn1nccc1-c1ccc(Oc2ccc(NC(=O)CN3CCCC3)c(N)c2)cc1.O=C(O)CN1CCCC1. The highest BCUT2D eigenvalue weighted by Crippen LogP contribution is 2.35. The highest BCUT2D eigenvalue weighted by molar-refractivity contribution is 6.76. The van der Waals surface area contributed by atoms with E-state index in [1.54, 1.807) is 42.7 Å². The number of nitrogens with zero attached hydrogens (tertiary/aromatic N) is 9. The Hall–Kier alpha value is -9.21. The van der Waals surface area contributed by atoms with E-state index in [0.717, 1.165) is 142 Å². The lowest BCUT2D eigenvalue weighted by Crippen LogP contribution is -2.31. The largest absolute Gasteiger partial charge is 0.480 e. The summed E-state index contributed by atoms with van der Waals surface area (Å²) in [4.78, 5) is 38.1. The number of carbonyl (C=O) groups is 2. The van der Waals surface area contributed by atoms with E-state index < -0.39 is 22.1 Å². The van der Waals surface area contributed by atoms with E-state index in [9.17, 15) is 9.59 Å². The number of hydrogen-bond donors (Lipinski definition) is 5. The molecule has 2 aromatic heterocycles. The molecular formula is C78H103N13O8Si2. The predicted molar refractivity (Wildman–Crippen MR) is 415 cm³/mol. The molecule has 0 radical (unpaired) electrons. The lowest BCUT2D eigenvalue weighted by molar-refractivity contribution is -0.138. The van der Waals surface area contributed by atoms with Crippen molar-refractivity contribution in [2.75, 3.05) is 101 Å². The number of ether oxygens (including phenoxy) is 5. The van der Waals surface area contributed by atoms with Gasteiger partial charge in [0, 0.05) is 89.9 Å². The number of nitrogens with one attached hydrogen (secondary N) is 1. The number of allylic oxidation sites excluding steroid dienone is 1. The first-order chi connectivity index (χ1) is 48.2. The summed E-state index contributed by atoms with van der Waals surface area (Å²) in [5, 5.41) is 20.0. The third-order valence-electron chi connectivity index (χ3n) is 17.5. The number of carboxylic acid groups (broad SMARTS) is 1. The first kappa shape index (κ1) is 76.0. The van der Waals surface area contributed by atoms with Gasteiger partial charge in [-0.15, -0.1) is 0 Å². The maximum atomic E-state index is 12.3. The Morgan fingerprint density at radius 1 is 0.525 bits per heavy atom. The Bertz CT molecular complexity index is 4050. The van der Waals surface area contributed by atoms with Crippen LogP contribution >= 0.6 is 0 Å². The van der Waals surface area contributed by atoms with Crippen LogP contribution in [0.2, 0.25) is 51.4 Å². The van der Waals surface area contributed by atoms with Gasteiger partial charge in [-0.05, 0) is 228 Å². The molecule has 5 aliphatic rings. The number of aliphatic carboxylic acids is 1. The van der Waals surface area contributed by atoms with Gasteiger partial charge in [-0.2, -0.15) is 10.2 Å². The summed E-state index contributed by atoms with van der Waals surface area (Å²) in [6, 6.07) is 47.0. The second-order valence-electron chi connectivity index (χ2n) is 28.3. The third-order valence-corrected chi connectivity index (χ3v) is 20.9. The topological polar surface area (TPSA) is 261 Å². The Morgan fingerprint density at radius 2 is 0.980 bits per heavy atom. The van der Waals surface area contributed by atoms with Crippen LogP contribution in [0.25, 0.3) is 28.1 Å². The lowest BCUT2D eigenvalue weighted by atomic mass is 10.1. The molecule has 0 bridgehead atoms. The molecule has 7 heterocycles. The van der Waals surface area contributed by atoms with Gasteiger partial charge in [-0.25, -0.2) is 9.36 Å². The maximum Gasteiger partial charge on any atom is 0.317 e. The van der Waals surface area contributed by atoms with E-state index >= 15 is 0 Å². The number of fused-ring (bicyclic) bond motifs is 1. The molecule has 0 spiro atoms. The second kappa shape index (κ2) is 36.9. The summed E-state index contributed by atoms with van der Waals surface area (Å²) in [6.07, 6.45) is 15.7. The lowest BCUT2D eigenvalue weighted by Gasteiger charge is -2.16. The smallest absolute Gasteiger partial charge is 0.317 e. The Morgan fingerprint density at radius 3 is 1.46 bits per heavy atom. The van der Waals surface area contributed by atoms with Gasteiger partial charge in [0.2, 0.25) is 5.91 Å². The number of aromatic nitrogens is 4. The molecule has 6 aromatic carbocycles. The van der Waals surface area contributed by atoms with E-state index in [0.29, 0.717) is 60.0 Å². The Labute approximate surface area is 598 Å². The van der Waals surface area contributed by atoms with Crippen LogP contribution in [0.15, 0.2) is 168 Å². The molecule has 536 valence electrons. The number of nitrogens with two attached hydrogens (primary N) is 3. The summed E-state index contributed by atoms with van der Waals surface area (Å²) in [5.74, 6) is 3.66. The summed E-state index contributed by atoms with van der Waals surface area (Å²) >= 11 is 0. The van der Waals surface area contributed by atoms with E-state index in [-0.39, 0.29) is 19.9 Å². The van der Waals surface area contributed by atoms with Gasteiger partial charge in [0.05, 0.1) is 59.5 Å². The highest BCUT2D eigenvalue weighted by atomic mass is 28.3. The number of amides is 1. The molecule has 23 heteroatoms. The van der Waals surface area contributed by atoms with Crippen LogP contribution < -0.4 is 36.7 Å². The third kappa shape index (κ3) is 24.3. The van der Waals surface area contributed by atoms with Crippen LogP contribution in [-0.4, -0.2) is 158 Å². The molecule has 101 heavy (non-hydrogen) atoms. The standard InChI is InChI=1S/C27H37N5O3Si.C23H23N3O.C21H28N4O2Si.C6H11NO2.CH4/c1-36(2,3)17-16-34-20-32-26(12-13-29-32)21-6-8-22(9-7-21)35-23-10-11-25(24(28)18-23)30-27(33)19-31-14-4-5-15-31;1-2-12-26(11-1)16-20-13-19-14-22(7-8-23(19)25-20)27-21-5-3-17(4-6-21)18-9-10-24-15-18;1-28(2,3)13-12-26-15-25-21(10-11-24-25)16-4-6-17(7-5-16)27-18-8-9-19(22)20(23)14-18;8-6(9)5-7-3-1-2-4-7;/h6-13,18H,4-5,14-17,19-20,28H2,1-3H3,(H,30,33);3-10,14H,1-2,11-13,15-16H2;4-11,14H,12-13,15,22-23H2,1-3H3;1-5H2,(H,8,9);1H4. The molecular weight excluding hydrogens is 1300 g/mol. The number of benzene rings is 6. The number of hydrogen-bond acceptors (Lipinski definition) is 17. The summed E-state index contributed by atoms with van der Waals surface area (Å²) in [7, 11) is -2.20. The van der Waals surface area contributed by atoms with Crippen molar-refractivity contribution in [3.63, 3.8) is 0 Å². The van der Waals surface area contributed by atoms with E-state index in [1.165, 1.54) is 48.3 Å². The summed E-state index contributed by atoms with van der Waals surface area (Å²) < 4.78 is 33.4. The van der Waals surface area contributed by atoms with E-state index in [2.05, 4.69) is 99.9 Å². The number of carboxylic acids is 1. The van der Waals surface area contributed by atoms with Gasteiger partial charge in [0.25, 0.3) is 0 Å². The molecule has 8 N–H and O–H groups in total. The number of likely N-dealkylation sites (tertiary alicyclic amines) is 3. The molecule has 3 fully saturated rings. The van der Waals surface area contributed by atoms with Crippen LogP contribution in [0.3, 0.4) is 0 Å². The normalized spacial score (nSPS) is 15.0. The van der Waals surface area contributed by atoms with Crippen molar-refractivity contribution < 1.29 is 38.4 Å². The van der Waals surface area contributed by atoms with Gasteiger partial charge in [-0.3, -0.25) is 34.3 Å². The first-order valence-corrected chi connectivity index (χ1v) is 42.3. The van der Waals surface area contributed by atoms with Crippen molar-refractivity contribution >= 4 is 74.0 Å². The number of rotatable bonds is 26. The Balaban J connectivity index is 0.000000167. The number of aliphatic imine (C=N–C) groups is 2. The first-order valence-electron chi connectivity index (χ1n) is 34.9. The van der Waals surface area contributed by atoms with Crippen LogP contribution in [0, 0.1) is 0 Å². The van der Waals surface area contributed by atoms with Gasteiger partial charge in [0.1, 0.15) is 48.0 Å². The Kier molecular flexibility index (Phi) is 27.8. The molecule has 1 amide bonds. The number of carbonyl (C=O) groups excluding carboxylic acids is 1. The fourth-order valence-corrected chi connectivity index (χ4v) is 13.4. The molecule has 8 aromatic rings. The van der Waals surface area contributed by atoms with E-state index in [4.69, 9.17) is 51.0 Å². The van der Waals surface area contributed by atoms with Crippen molar-refractivity contribution in [1.29, 1.82) is 0 Å². The molecule has 5 aliphatic heterocycles. The van der Waals surface area contributed by atoms with Gasteiger partial charge in [-0.1, -0.05) is 58.8 Å². The fourth-order valence-electron chi connectivity index (χ4n) is 11.9. The molecule has 21 nitrogen and oxygen atoms in total. The van der Waals surface area contributed by atoms with Crippen molar-refractivity contribution in [1.82, 2.24) is 34.3 Å². The van der Waals surface area contributed by atoms with Crippen molar-refractivity contribution in [2.45, 2.75) is 117 Å². The maximum absolute atomic E-state index is 12.3. The molecule has 0 unspecified atom stereocenters. The average molecular weight is 1410 g/mol. The van der Waals surface area contributed by atoms with Crippen LogP contribution in [0.5, 0.6) is 34.5 Å². The van der Waals surface area contributed by atoms with Gasteiger partial charge >= 0.3 is 5.97 Å². The highest BCUT2D eigenvalue weighted by Gasteiger charge is 2.22. The monoisotopic (exact) mass is 1410 g/mol. The quantitative estimate of drug-likeness (QED) is 0.0192. The minimum Gasteiger partial charge on any atom is -0.480 e. The van der Waals surface area contributed by atoms with Crippen molar-refractivity contribution in [3.8, 4) is 57.0 Å². The molecule has 0 saturated carbocycles. The van der Waals surface area contributed by atoms with Crippen LogP contribution in [0.4, 0.5) is 28.4 Å². The second-order valence-corrected chi connectivity index (χ2v) is 39.5. The van der Waals surface area contributed by atoms with Gasteiger partial charge in [0.15, 0.2) is 0 Å². The zero-order valence-corrected chi connectivity index (χ0v) is 60.9. The molecule has 0 aliphatic carbocycles. The van der Waals surface area contributed by atoms with Crippen LogP contribution in [0.1, 0.15) is 57.1 Å².